The summed E-state index contributed by atoms with van der Waals surface area (Å²) >= 11 is 0. The SMILES string of the molecule is CC(C)C1CNc2c(F)c(F)cc(F)c2C1. The van der Waals surface area contributed by atoms with Gasteiger partial charge in [0.25, 0.3) is 0 Å². The summed E-state index contributed by atoms with van der Waals surface area (Å²) < 4.78 is 39.9. The van der Waals surface area contributed by atoms with Gasteiger partial charge in [0, 0.05) is 18.2 Å². The Balaban J connectivity index is 2.43. The van der Waals surface area contributed by atoms with Crippen LogP contribution in [0.3, 0.4) is 0 Å². The number of rotatable bonds is 1. The van der Waals surface area contributed by atoms with E-state index in [4.69, 9.17) is 0 Å². The molecule has 1 aliphatic rings. The van der Waals surface area contributed by atoms with E-state index in [-0.39, 0.29) is 17.2 Å². The van der Waals surface area contributed by atoms with E-state index in [1.807, 2.05) is 13.8 Å². The maximum absolute atomic E-state index is 13.5. The standard InChI is InChI=1S/C12H14F3N/c1-6(2)7-3-8-9(13)4-10(14)11(15)12(8)16-5-7/h4,6-7,16H,3,5H2,1-2H3. The second kappa shape index (κ2) is 4.00. The minimum atomic E-state index is -1.13. The molecule has 1 N–H and O–H groups in total. The molecule has 0 aromatic heterocycles. The average Bonchev–Trinajstić information content (AvgIpc) is 2.25. The Hall–Kier alpha value is -1.19. The van der Waals surface area contributed by atoms with E-state index in [1.165, 1.54) is 0 Å². The van der Waals surface area contributed by atoms with Crippen molar-refractivity contribution in [3.63, 3.8) is 0 Å². The van der Waals surface area contributed by atoms with Crippen molar-refractivity contribution in [2.24, 2.45) is 11.8 Å². The molecule has 1 aliphatic heterocycles. The molecular weight excluding hydrogens is 215 g/mol. The third kappa shape index (κ3) is 1.77. The molecule has 0 saturated heterocycles. The summed E-state index contributed by atoms with van der Waals surface area (Å²) in [5, 5.41) is 2.79. The summed E-state index contributed by atoms with van der Waals surface area (Å²) in [4.78, 5) is 0. The molecule has 0 spiro atoms. The van der Waals surface area contributed by atoms with Crippen LogP contribution in [-0.2, 0) is 6.42 Å². The van der Waals surface area contributed by atoms with Gasteiger partial charge in [0.1, 0.15) is 5.82 Å². The zero-order valence-electron chi connectivity index (χ0n) is 9.28. The molecule has 1 aromatic rings. The van der Waals surface area contributed by atoms with Crippen LogP contribution in [0.5, 0.6) is 0 Å². The first kappa shape index (κ1) is 11.3. The molecule has 0 fully saturated rings. The highest BCUT2D eigenvalue weighted by molar-refractivity contribution is 5.55. The van der Waals surface area contributed by atoms with Gasteiger partial charge in [-0.1, -0.05) is 13.8 Å². The molecule has 0 bridgehead atoms. The second-order valence-electron chi connectivity index (χ2n) is 4.60. The minimum absolute atomic E-state index is 0.00519. The van der Waals surface area contributed by atoms with E-state index >= 15 is 0 Å². The van der Waals surface area contributed by atoms with Crippen LogP contribution in [0.2, 0.25) is 0 Å². The molecule has 4 heteroatoms. The predicted molar refractivity (Wildman–Crippen MR) is 56.8 cm³/mol. The first-order chi connectivity index (χ1) is 7.50. The fourth-order valence-corrected chi connectivity index (χ4v) is 2.06. The predicted octanol–water partition coefficient (Wildman–Crippen LogP) is 3.34. The summed E-state index contributed by atoms with van der Waals surface area (Å²) in [6.07, 6.45) is 0.461. The zero-order valence-corrected chi connectivity index (χ0v) is 9.28. The number of nitrogens with one attached hydrogen (secondary N) is 1. The zero-order chi connectivity index (χ0) is 11.9. The molecule has 1 atom stereocenters. The molecule has 16 heavy (non-hydrogen) atoms. The summed E-state index contributed by atoms with van der Waals surface area (Å²) in [7, 11) is 0. The highest BCUT2D eigenvalue weighted by atomic mass is 19.2. The van der Waals surface area contributed by atoms with Gasteiger partial charge in [0.2, 0.25) is 0 Å². The smallest absolute Gasteiger partial charge is 0.182 e. The monoisotopic (exact) mass is 229 g/mol. The highest BCUT2D eigenvalue weighted by Gasteiger charge is 2.27. The number of fused-ring (bicyclic) bond motifs is 1. The maximum Gasteiger partial charge on any atom is 0.182 e. The first-order valence-electron chi connectivity index (χ1n) is 5.41. The number of hydrogen-bond donors (Lipinski definition) is 1. The van der Waals surface area contributed by atoms with Gasteiger partial charge in [0.15, 0.2) is 11.6 Å². The number of halogens is 3. The number of anilines is 1. The molecule has 0 saturated carbocycles. The van der Waals surface area contributed by atoms with E-state index in [2.05, 4.69) is 5.32 Å². The van der Waals surface area contributed by atoms with Crippen LogP contribution in [0.25, 0.3) is 0 Å². The highest BCUT2D eigenvalue weighted by Crippen LogP contribution is 2.33. The van der Waals surface area contributed by atoms with Gasteiger partial charge >= 0.3 is 0 Å². The van der Waals surface area contributed by atoms with Crippen LogP contribution in [0, 0.1) is 29.3 Å². The van der Waals surface area contributed by atoms with E-state index in [9.17, 15) is 13.2 Å². The van der Waals surface area contributed by atoms with Crippen molar-refractivity contribution in [1.82, 2.24) is 0 Å². The number of benzene rings is 1. The van der Waals surface area contributed by atoms with Crippen LogP contribution < -0.4 is 5.32 Å². The lowest BCUT2D eigenvalue weighted by molar-refractivity contribution is 0.381. The van der Waals surface area contributed by atoms with Crippen LogP contribution in [0.1, 0.15) is 19.4 Å². The largest absolute Gasteiger partial charge is 0.382 e. The lowest BCUT2D eigenvalue weighted by atomic mass is 9.85. The van der Waals surface area contributed by atoms with Gasteiger partial charge in [-0.15, -0.1) is 0 Å². The van der Waals surface area contributed by atoms with Gasteiger partial charge < -0.3 is 5.32 Å². The molecule has 0 amide bonds. The summed E-state index contributed by atoms with van der Waals surface area (Å²) in [5.74, 6) is -2.13. The van der Waals surface area contributed by atoms with Crippen LogP contribution in [0.15, 0.2) is 6.07 Å². The Morgan fingerprint density at radius 2 is 1.94 bits per heavy atom. The summed E-state index contributed by atoms with van der Waals surface area (Å²) in [6, 6.07) is 0.624. The van der Waals surface area contributed by atoms with Crippen molar-refractivity contribution < 1.29 is 13.2 Å². The normalized spacial score (nSPS) is 19.5. The molecule has 1 aromatic carbocycles. The van der Waals surface area contributed by atoms with Gasteiger partial charge in [-0.05, 0) is 18.3 Å². The minimum Gasteiger partial charge on any atom is -0.382 e. The van der Waals surface area contributed by atoms with Crippen LogP contribution >= 0.6 is 0 Å². The van der Waals surface area contributed by atoms with Crippen LogP contribution in [0.4, 0.5) is 18.9 Å². The third-order valence-corrected chi connectivity index (χ3v) is 3.22. The summed E-state index contributed by atoms with van der Waals surface area (Å²) in [5.41, 5.74) is 0.262. The van der Waals surface area contributed by atoms with Gasteiger partial charge in [0.05, 0.1) is 5.69 Å². The quantitative estimate of drug-likeness (QED) is 0.728. The Labute approximate surface area is 92.7 Å². The van der Waals surface area contributed by atoms with Crippen molar-refractivity contribution in [3.8, 4) is 0 Å². The topological polar surface area (TPSA) is 12.0 Å². The van der Waals surface area contributed by atoms with Gasteiger partial charge in [-0.3, -0.25) is 0 Å². The molecule has 1 heterocycles. The third-order valence-electron chi connectivity index (χ3n) is 3.22. The van der Waals surface area contributed by atoms with Gasteiger partial charge in [-0.2, -0.15) is 0 Å². The molecule has 88 valence electrons. The van der Waals surface area contributed by atoms with Crippen molar-refractivity contribution in [3.05, 3.63) is 29.1 Å². The van der Waals surface area contributed by atoms with Crippen molar-refractivity contribution in [1.29, 1.82) is 0 Å². The lowest BCUT2D eigenvalue weighted by Crippen LogP contribution is -2.28. The van der Waals surface area contributed by atoms with Crippen LogP contribution in [-0.4, -0.2) is 6.54 Å². The number of hydrogen-bond acceptors (Lipinski definition) is 1. The van der Waals surface area contributed by atoms with E-state index in [1.54, 1.807) is 0 Å². The summed E-state index contributed by atoms with van der Waals surface area (Å²) in [6.45, 7) is 4.63. The Bertz CT molecular complexity index is 415. The second-order valence-corrected chi connectivity index (χ2v) is 4.60. The molecule has 0 radical (unpaired) electrons. The molecule has 2 rings (SSSR count). The fourth-order valence-electron chi connectivity index (χ4n) is 2.06. The van der Waals surface area contributed by atoms with Gasteiger partial charge in [-0.25, -0.2) is 13.2 Å². The Kier molecular flexibility index (Phi) is 2.82. The van der Waals surface area contributed by atoms with E-state index < -0.39 is 17.5 Å². The molecule has 1 nitrogen and oxygen atoms in total. The van der Waals surface area contributed by atoms with E-state index in [0.29, 0.717) is 24.9 Å². The van der Waals surface area contributed by atoms with Crippen molar-refractivity contribution in [2.45, 2.75) is 20.3 Å². The Morgan fingerprint density at radius 1 is 1.25 bits per heavy atom. The molecular formula is C12H14F3N. The fraction of sp³-hybridized carbons (Fsp3) is 0.500. The van der Waals surface area contributed by atoms with Crippen molar-refractivity contribution >= 4 is 5.69 Å². The Morgan fingerprint density at radius 3 is 2.56 bits per heavy atom. The lowest BCUT2D eigenvalue weighted by Gasteiger charge is -2.29. The van der Waals surface area contributed by atoms with E-state index in [0.717, 1.165) is 0 Å². The first-order valence-corrected chi connectivity index (χ1v) is 5.41. The molecule has 1 unspecified atom stereocenters. The maximum atomic E-state index is 13.5. The average molecular weight is 229 g/mol. The molecule has 0 aliphatic carbocycles. The van der Waals surface area contributed by atoms with Crippen molar-refractivity contribution in [2.75, 3.05) is 11.9 Å².